The Balaban J connectivity index is 2.06. The Morgan fingerprint density at radius 1 is 1.13 bits per heavy atom. The number of rotatable bonds is 7. The summed E-state index contributed by atoms with van der Waals surface area (Å²) in [5, 5.41) is 0. The molecule has 1 nitrogen and oxygen atoms in total. The van der Waals surface area contributed by atoms with Gasteiger partial charge in [-0.2, -0.15) is 0 Å². The van der Waals surface area contributed by atoms with Gasteiger partial charge >= 0.3 is 0 Å². The van der Waals surface area contributed by atoms with E-state index in [-0.39, 0.29) is 0 Å². The minimum absolute atomic E-state index is 1.06. The summed E-state index contributed by atoms with van der Waals surface area (Å²) in [7, 11) is 0. The van der Waals surface area contributed by atoms with Crippen LogP contribution in [0, 0.1) is 0 Å². The highest BCUT2D eigenvalue weighted by Gasteiger charge is 1.89. The zero-order valence-corrected chi connectivity index (χ0v) is 9.65. The number of aryl methyl sites for hydroxylation is 1. The Morgan fingerprint density at radius 2 is 2.00 bits per heavy atom. The van der Waals surface area contributed by atoms with E-state index in [1.165, 1.54) is 31.4 Å². The van der Waals surface area contributed by atoms with Crippen LogP contribution in [0.5, 0.6) is 0 Å². The lowest BCUT2D eigenvalue weighted by Crippen LogP contribution is -1.86. The molecule has 0 N–H and O–H groups in total. The second-order valence-electron chi connectivity index (χ2n) is 3.83. The second kappa shape index (κ2) is 8.22. The maximum atomic E-state index is 4.29. The third kappa shape index (κ3) is 6.05. The van der Waals surface area contributed by atoms with Crippen molar-refractivity contribution in [2.75, 3.05) is 0 Å². The van der Waals surface area contributed by atoms with Crippen LogP contribution in [0.4, 0.5) is 0 Å². The Morgan fingerprint density at radius 3 is 2.73 bits per heavy atom. The maximum Gasteiger partial charge on any atom is 0.0406 e. The van der Waals surface area contributed by atoms with Gasteiger partial charge in [0, 0.05) is 11.9 Å². The Kier molecular flexibility index (Phi) is 6.55. The fourth-order valence-corrected chi connectivity index (χ4v) is 1.53. The van der Waals surface area contributed by atoms with E-state index >= 15 is 0 Å². The highest BCUT2D eigenvalue weighted by molar-refractivity contribution is 5.04. The molecule has 82 valence electrons. The third-order valence-corrected chi connectivity index (χ3v) is 2.43. The standard InChI is InChI=1S/C14H21N/c1-2-3-4-5-6-7-8-11-14-12-9-10-13-15-14/h6-7,9-10,12-13H,2-5,8,11H2,1H3. The molecule has 0 saturated carbocycles. The topological polar surface area (TPSA) is 12.9 Å². The summed E-state index contributed by atoms with van der Waals surface area (Å²) in [5.41, 5.74) is 1.19. The molecule has 0 radical (unpaired) electrons. The van der Waals surface area contributed by atoms with Gasteiger partial charge < -0.3 is 0 Å². The van der Waals surface area contributed by atoms with E-state index in [4.69, 9.17) is 0 Å². The number of unbranched alkanes of at least 4 members (excludes halogenated alkanes) is 3. The van der Waals surface area contributed by atoms with Crippen LogP contribution in [0.15, 0.2) is 36.5 Å². The van der Waals surface area contributed by atoms with E-state index < -0.39 is 0 Å². The summed E-state index contributed by atoms with van der Waals surface area (Å²) in [6.45, 7) is 2.24. The molecule has 1 rings (SSSR count). The minimum atomic E-state index is 1.06. The van der Waals surface area contributed by atoms with Crippen molar-refractivity contribution in [1.82, 2.24) is 4.98 Å². The molecule has 0 saturated heterocycles. The molecule has 0 fully saturated rings. The number of hydrogen-bond donors (Lipinski definition) is 0. The summed E-state index contributed by atoms with van der Waals surface area (Å²) in [5.74, 6) is 0. The van der Waals surface area contributed by atoms with Crippen LogP contribution in [0.1, 0.15) is 44.7 Å². The van der Waals surface area contributed by atoms with Crippen molar-refractivity contribution in [1.29, 1.82) is 0 Å². The first-order valence-corrected chi connectivity index (χ1v) is 5.98. The third-order valence-electron chi connectivity index (χ3n) is 2.43. The van der Waals surface area contributed by atoms with Crippen LogP contribution in [0.2, 0.25) is 0 Å². The largest absolute Gasteiger partial charge is 0.261 e. The number of aromatic nitrogens is 1. The first kappa shape index (κ1) is 12.0. The van der Waals surface area contributed by atoms with Gasteiger partial charge in [0.15, 0.2) is 0 Å². The predicted molar refractivity (Wildman–Crippen MR) is 65.8 cm³/mol. The Bertz CT molecular complexity index is 264. The van der Waals surface area contributed by atoms with Gasteiger partial charge in [0.1, 0.15) is 0 Å². The molecule has 1 heterocycles. The molecule has 1 aromatic rings. The molecule has 0 spiro atoms. The predicted octanol–water partition coefficient (Wildman–Crippen LogP) is 4.15. The quantitative estimate of drug-likeness (QED) is 0.479. The van der Waals surface area contributed by atoms with Gasteiger partial charge in [-0.05, 0) is 37.8 Å². The molecule has 0 atom stereocenters. The van der Waals surface area contributed by atoms with Crippen LogP contribution in [0.3, 0.4) is 0 Å². The highest BCUT2D eigenvalue weighted by atomic mass is 14.7. The van der Waals surface area contributed by atoms with Crippen molar-refractivity contribution in [3.05, 3.63) is 42.2 Å². The first-order chi connectivity index (χ1) is 7.43. The van der Waals surface area contributed by atoms with Crippen molar-refractivity contribution in [3.8, 4) is 0 Å². The van der Waals surface area contributed by atoms with Crippen LogP contribution in [-0.4, -0.2) is 4.98 Å². The fraction of sp³-hybridized carbons (Fsp3) is 0.500. The van der Waals surface area contributed by atoms with Gasteiger partial charge in [0.25, 0.3) is 0 Å². The summed E-state index contributed by atoms with van der Waals surface area (Å²) in [6, 6.07) is 6.10. The fourth-order valence-electron chi connectivity index (χ4n) is 1.53. The van der Waals surface area contributed by atoms with E-state index in [1.807, 2.05) is 18.3 Å². The average Bonchev–Trinajstić information content (AvgIpc) is 2.29. The normalized spacial score (nSPS) is 11.0. The zero-order chi connectivity index (χ0) is 10.8. The first-order valence-electron chi connectivity index (χ1n) is 5.98. The summed E-state index contributed by atoms with van der Waals surface area (Å²) in [4.78, 5) is 4.29. The van der Waals surface area contributed by atoms with Crippen molar-refractivity contribution in [3.63, 3.8) is 0 Å². The molecular formula is C14H21N. The molecule has 0 aliphatic heterocycles. The van der Waals surface area contributed by atoms with E-state index in [0.717, 1.165) is 12.8 Å². The average molecular weight is 203 g/mol. The van der Waals surface area contributed by atoms with Crippen LogP contribution in [-0.2, 0) is 6.42 Å². The van der Waals surface area contributed by atoms with Gasteiger partial charge in [-0.25, -0.2) is 0 Å². The number of nitrogens with zero attached hydrogens (tertiary/aromatic N) is 1. The number of hydrogen-bond acceptors (Lipinski definition) is 1. The summed E-state index contributed by atoms with van der Waals surface area (Å²) < 4.78 is 0. The molecule has 1 heteroatoms. The van der Waals surface area contributed by atoms with E-state index in [9.17, 15) is 0 Å². The van der Waals surface area contributed by atoms with Gasteiger partial charge in [-0.1, -0.05) is 38.0 Å². The van der Waals surface area contributed by atoms with Gasteiger partial charge in [0.05, 0.1) is 0 Å². The lowest BCUT2D eigenvalue weighted by atomic mass is 10.1. The minimum Gasteiger partial charge on any atom is -0.261 e. The maximum absolute atomic E-state index is 4.29. The van der Waals surface area contributed by atoms with Gasteiger partial charge in [0.2, 0.25) is 0 Å². The van der Waals surface area contributed by atoms with Crippen LogP contribution in [0.25, 0.3) is 0 Å². The van der Waals surface area contributed by atoms with Crippen molar-refractivity contribution in [2.45, 2.75) is 45.4 Å². The van der Waals surface area contributed by atoms with Crippen molar-refractivity contribution >= 4 is 0 Å². The zero-order valence-electron chi connectivity index (χ0n) is 9.65. The number of allylic oxidation sites excluding steroid dienone is 2. The molecule has 0 aliphatic carbocycles. The molecule has 15 heavy (non-hydrogen) atoms. The molecular weight excluding hydrogens is 182 g/mol. The van der Waals surface area contributed by atoms with E-state index in [0.29, 0.717) is 0 Å². The molecule has 0 unspecified atom stereocenters. The molecule has 0 bridgehead atoms. The van der Waals surface area contributed by atoms with Crippen LogP contribution >= 0.6 is 0 Å². The molecule has 1 aromatic heterocycles. The smallest absolute Gasteiger partial charge is 0.0406 e. The monoisotopic (exact) mass is 203 g/mol. The number of pyridine rings is 1. The van der Waals surface area contributed by atoms with Crippen LogP contribution < -0.4 is 0 Å². The molecule has 0 aliphatic rings. The van der Waals surface area contributed by atoms with E-state index in [1.54, 1.807) is 0 Å². The molecule has 0 aromatic carbocycles. The summed E-state index contributed by atoms with van der Waals surface area (Å²) >= 11 is 0. The van der Waals surface area contributed by atoms with Gasteiger partial charge in [-0.15, -0.1) is 0 Å². The SMILES string of the molecule is CCCCCC=CCCc1ccccn1. The lowest BCUT2D eigenvalue weighted by Gasteiger charge is -1.95. The van der Waals surface area contributed by atoms with E-state index in [2.05, 4.69) is 30.1 Å². The Labute approximate surface area is 93.2 Å². The second-order valence-corrected chi connectivity index (χ2v) is 3.83. The van der Waals surface area contributed by atoms with Crippen molar-refractivity contribution in [2.24, 2.45) is 0 Å². The van der Waals surface area contributed by atoms with Crippen molar-refractivity contribution < 1.29 is 0 Å². The Hall–Kier alpha value is -1.11. The highest BCUT2D eigenvalue weighted by Crippen LogP contribution is 2.02. The summed E-state index contributed by atoms with van der Waals surface area (Å²) in [6.07, 6.45) is 13.8. The molecule has 0 amide bonds. The van der Waals surface area contributed by atoms with Gasteiger partial charge in [-0.3, -0.25) is 4.98 Å². The lowest BCUT2D eigenvalue weighted by molar-refractivity contribution is 0.727.